The largest absolute Gasteiger partial charge is 0.454 e. The van der Waals surface area contributed by atoms with Gasteiger partial charge < -0.3 is 15.2 Å². The predicted octanol–water partition coefficient (Wildman–Crippen LogP) is 3.32. The summed E-state index contributed by atoms with van der Waals surface area (Å²) in [6.07, 6.45) is 3.59. The van der Waals surface area contributed by atoms with E-state index in [-0.39, 0.29) is 6.04 Å². The molecule has 1 aromatic rings. The molecule has 21 heavy (non-hydrogen) atoms. The van der Waals surface area contributed by atoms with Crippen LogP contribution >= 0.6 is 0 Å². The lowest BCUT2D eigenvalue weighted by Crippen LogP contribution is -2.39. The minimum absolute atomic E-state index is 0.00496. The van der Waals surface area contributed by atoms with E-state index in [1.165, 1.54) is 12.8 Å². The number of unbranched alkanes of at least 4 members (excludes halogenated alkanes) is 1. The molecule has 0 saturated heterocycles. The molecule has 1 heterocycles. The maximum Gasteiger partial charge on any atom is 0.231 e. The van der Waals surface area contributed by atoms with Gasteiger partial charge in [0.15, 0.2) is 11.5 Å². The molecule has 1 aliphatic heterocycles. The van der Waals surface area contributed by atoms with Crippen LogP contribution in [0.3, 0.4) is 0 Å². The molecule has 0 fully saturated rings. The second-order valence-corrected chi connectivity index (χ2v) is 5.82. The van der Waals surface area contributed by atoms with Crippen LogP contribution in [0.1, 0.15) is 51.6 Å². The average molecular weight is 292 g/mol. The first-order valence-electron chi connectivity index (χ1n) is 8.04. The minimum atomic E-state index is 0.00496. The molecule has 0 spiro atoms. The van der Waals surface area contributed by atoms with Gasteiger partial charge in [0.1, 0.15) is 0 Å². The van der Waals surface area contributed by atoms with Gasteiger partial charge in [-0.2, -0.15) is 0 Å². The molecule has 1 aliphatic rings. The molecule has 2 rings (SSSR count). The molecule has 0 bridgehead atoms. The monoisotopic (exact) mass is 292 g/mol. The fourth-order valence-electron chi connectivity index (χ4n) is 2.61. The number of nitrogens with two attached hydrogens (primary N) is 1. The molecule has 0 aliphatic carbocycles. The highest BCUT2D eigenvalue weighted by Gasteiger charge is 2.19. The third-order valence-corrected chi connectivity index (χ3v) is 4.27. The number of ether oxygens (including phenoxy) is 2. The zero-order valence-electron chi connectivity index (χ0n) is 13.5. The molecule has 2 N–H and O–H groups in total. The van der Waals surface area contributed by atoms with Crippen LogP contribution < -0.4 is 15.2 Å². The summed E-state index contributed by atoms with van der Waals surface area (Å²) < 4.78 is 10.8. The maximum absolute atomic E-state index is 6.42. The summed E-state index contributed by atoms with van der Waals surface area (Å²) in [7, 11) is 0. The number of fused-ring (bicyclic) bond motifs is 1. The van der Waals surface area contributed by atoms with Gasteiger partial charge in [0, 0.05) is 18.6 Å². The number of nitrogens with zero attached hydrogens (tertiary/aromatic N) is 1. The van der Waals surface area contributed by atoms with Crippen LogP contribution in [0.4, 0.5) is 0 Å². The molecule has 4 heteroatoms. The zero-order valence-corrected chi connectivity index (χ0v) is 13.5. The summed E-state index contributed by atoms with van der Waals surface area (Å²) in [6, 6.07) is 6.59. The molecule has 0 amide bonds. The summed E-state index contributed by atoms with van der Waals surface area (Å²) in [4.78, 5) is 2.50. The Labute approximate surface area is 128 Å². The molecule has 0 saturated carbocycles. The Kier molecular flexibility index (Phi) is 5.88. The molecular formula is C17H28N2O2. The van der Waals surface area contributed by atoms with E-state index in [1.807, 2.05) is 18.2 Å². The van der Waals surface area contributed by atoms with Gasteiger partial charge in [-0.3, -0.25) is 4.90 Å². The first-order chi connectivity index (χ1) is 10.2. The molecule has 0 radical (unpaired) electrons. The van der Waals surface area contributed by atoms with Crippen molar-refractivity contribution < 1.29 is 9.47 Å². The highest BCUT2D eigenvalue weighted by atomic mass is 16.7. The van der Waals surface area contributed by atoms with Crippen molar-refractivity contribution in [3.8, 4) is 11.5 Å². The number of benzene rings is 1. The Balaban J connectivity index is 2.02. The molecule has 2 atom stereocenters. The van der Waals surface area contributed by atoms with E-state index in [4.69, 9.17) is 15.2 Å². The summed E-state index contributed by atoms with van der Waals surface area (Å²) in [6.45, 7) is 9.05. The van der Waals surface area contributed by atoms with Crippen molar-refractivity contribution in [1.29, 1.82) is 0 Å². The minimum Gasteiger partial charge on any atom is -0.454 e. The van der Waals surface area contributed by atoms with Crippen molar-refractivity contribution in [2.24, 2.45) is 5.73 Å². The van der Waals surface area contributed by atoms with Crippen LogP contribution in [0.15, 0.2) is 18.2 Å². The zero-order chi connectivity index (χ0) is 15.2. The van der Waals surface area contributed by atoms with Gasteiger partial charge in [-0.15, -0.1) is 0 Å². The normalized spacial score (nSPS) is 16.2. The van der Waals surface area contributed by atoms with E-state index in [9.17, 15) is 0 Å². The van der Waals surface area contributed by atoms with Crippen LogP contribution in [0.5, 0.6) is 11.5 Å². The highest BCUT2D eigenvalue weighted by Crippen LogP contribution is 2.34. The van der Waals surface area contributed by atoms with Crippen molar-refractivity contribution in [3.05, 3.63) is 23.8 Å². The van der Waals surface area contributed by atoms with Crippen molar-refractivity contribution in [2.75, 3.05) is 19.9 Å². The van der Waals surface area contributed by atoms with Gasteiger partial charge >= 0.3 is 0 Å². The van der Waals surface area contributed by atoms with Gasteiger partial charge in [0.2, 0.25) is 6.79 Å². The standard InChI is InChI=1S/C17H28N2O2/c1-4-6-9-19(13(3)5-2)11-15(18)14-7-8-16-17(10-14)21-12-20-16/h7-8,10,13,15H,4-6,9,11-12,18H2,1-3H3. The number of rotatable bonds is 8. The van der Waals surface area contributed by atoms with E-state index >= 15 is 0 Å². The summed E-state index contributed by atoms with van der Waals surface area (Å²) in [5.74, 6) is 1.63. The van der Waals surface area contributed by atoms with Gasteiger partial charge in [-0.25, -0.2) is 0 Å². The Morgan fingerprint density at radius 2 is 2.00 bits per heavy atom. The summed E-state index contributed by atoms with van der Waals surface area (Å²) in [5.41, 5.74) is 7.53. The third-order valence-electron chi connectivity index (χ3n) is 4.27. The second-order valence-electron chi connectivity index (χ2n) is 5.82. The lowest BCUT2D eigenvalue weighted by Gasteiger charge is -2.31. The van der Waals surface area contributed by atoms with Crippen LogP contribution in [-0.2, 0) is 0 Å². The molecule has 2 unspecified atom stereocenters. The Hall–Kier alpha value is -1.26. The SMILES string of the molecule is CCCCN(CC(N)c1ccc2c(c1)OCO2)C(C)CC. The van der Waals surface area contributed by atoms with E-state index in [0.29, 0.717) is 12.8 Å². The van der Waals surface area contributed by atoms with E-state index < -0.39 is 0 Å². The fourth-order valence-corrected chi connectivity index (χ4v) is 2.61. The fraction of sp³-hybridized carbons (Fsp3) is 0.647. The number of hydrogen-bond acceptors (Lipinski definition) is 4. The smallest absolute Gasteiger partial charge is 0.231 e. The topological polar surface area (TPSA) is 47.7 Å². The number of hydrogen-bond donors (Lipinski definition) is 1. The van der Waals surface area contributed by atoms with Crippen molar-refractivity contribution in [1.82, 2.24) is 4.90 Å². The first kappa shape index (κ1) is 16.1. The van der Waals surface area contributed by atoms with E-state index in [2.05, 4.69) is 25.7 Å². The van der Waals surface area contributed by atoms with Crippen molar-refractivity contribution >= 4 is 0 Å². The first-order valence-corrected chi connectivity index (χ1v) is 8.04. The second kappa shape index (κ2) is 7.66. The maximum atomic E-state index is 6.42. The Bertz CT molecular complexity index is 450. The van der Waals surface area contributed by atoms with Crippen LogP contribution in [0, 0.1) is 0 Å². The Morgan fingerprint density at radius 3 is 2.71 bits per heavy atom. The van der Waals surface area contributed by atoms with Crippen LogP contribution in [0.2, 0.25) is 0 Å². The molecule has 118 valence electrons. The summed E-state index contributed by atoms with van der Waals surface area (Å²) >= 11 is 0. The molecular weight excluding hydrogens is 264 g/mol. The highest BCUT2D eigenvalue weighted by molar-refractivity contribution is 5.45. The van der Waals surface area contributed by atoms with Gasteiger partial charge in [0.05, 0.1) is 0 Å². The van der Waals surface area contributed by atoms with Gasteiger partial charge in [0.25, 0.3) is 0 Å². The van der Waals surface area contributed by atoms with Crippen LogP contribution in [0.25, 0.3) is 0 Å². The van der Waals surface area contributed by atoms with Crippen molar-refractivity contribution in [3.63, 3.8) is 0 Å². The van der Waals surface area contributed by atoms with Gasteiger partial charge in [-0.05, 0) is 44.0 Å². The molecule has 4 nitrogen and oxygen atoms in total. The lowest BCUT2D eigenvalue weighted by molar-refractivity contribution is 0.173. The third kappa shape index (κ3) is 4.11. The van der Waals surface area contributed by atoms with E-state index in [0.717, 1.165) is 36.6 Å². The Morgan fingerprint density at radius 1 is 1.24 bits per heavy atom. The average Bonchev–Trinajstić information content (AvgIpc) is 2.97. The van der Waals surface area contributed by atoms with E-state index in [1.54, 1.807) is 0 Å². The lowest BCUT2D eigenvalue weighted by atomic mass is 10.0. The summed E-state index contributed by atoms with van der Waals surface area (Å²) in [5, 5.41) is 0. The molecule has 0 aromatic heterocycles. The van der Waals surface area contributed by atoms with Crippen LogP contribution in [-0.4, -0.2) is 30.8 Å². The molecule has 1 aromatic carbocycles. The predicted molar refractivity (Wildman–Crippen MR) is 85.7 cm³/mol. The van der Waals surface area contributed by atoms with Crippen molar-refractivity contribution in [2.45, 2.75) is 52.1 Å². The quantitative estimate of drug-likeness (QED) is 0.798. The van der Waals surface area contributed by atoms with Gasteiger partial charge in [-0.1, -0.05) is 26.3 Å².